The zero-order valence-electron chi connectivity index (χ0n) is 17.1. The molecule has 4 aliphatic heterocycles. The van der Waals surface area contributed by atoms with Gasteiger partial charge in [-0.15, -0.1) is 0 Å². The van der Waals surface area contributed by atoms with E-state index in [0.717, 1.165) is 18.4 Å². The minimum atomic E-state index is -4.77. The van der Waals surface area contributed by atoms with Crippen LogP contribution < -0.4 is 9.62 Å². The van der Waals surface area contributed by atoms with Gasteiger partial charge in [0.25, 0.3) is 0 Å². The van der Waals surface area contributed by atoms with E-state index >= 15 is 0 Å². The zero-order chi connectivity index (χ0) is 23.3. The molecule has 1 spiro atoms. The first-order valence-corrected chi connectivity index (χ1v) is 11.9. The van der Waals surface area contributed by atoms with Crippen molar-refractivity contribution in [3.8, 4) is 6.07 Å². The van der Waals surface area contributed by atoms with Gasteiger partial charge in [0.15, 0.2) is 0 Å². The molecule has 0 aromatic heterocycles. The van der Waals surface area contributed by atoms with Crippen LogP contribution >= 0.6 is 0 Å². The van der Waals surface area contributed by atoms with E-state index in [4.69, 9.17) is 14.7 Å². The summed E-state index contributed by atoms with van der Waals surface area (Å²) in [6, 6.07) is 4.09. The zero-order valence-corrected chi connectivity index (χ0v) is 18.0. The molecule has 1 amide bonds. The van der Waals surface area contributed by atoms with Crippen molar-refractivity contribution in [1.82, 2.24) is 4.72 Å². The molecule has 4 fully saturated rings. The Balaban J connectivity index is 1.59. The fraction of sp³-hybridized carbons (Fsp3) is 0.600. The van der Waals surface area contributed by atoms with Crippen molar-refractivity contribution >= 4 is 21.6 Å². The number of amides is 1. The van der Waals surface area contributed by atoms with Crippen LogP contribution in [0, 0.1) is 23.2 Å². The van der Waals surface area contributed by atoms with E-state index in [1.165, 1.54) is 17.0 Å². The lowest BCUT2D eigenvalue weighted by Crippen LogP contribution is -2.61. The molecule has 0 radical (unpaired) electrons. The number of nitriles is 1. The Morgan fingerprint density at radius 1 is 1.34 bits per heavy atom. The first-order chi connectivity index (χ1) is 14.8. The number of rotatable bonds is 3. The SMILES string of the molecule is C[C@@]12C[C@H](NS(C)(=O)=O)[C@]3(CCO[C@H]4[C@@H]3[C@@H]1C(=O)N4c1ccc(C#N)c(C(F)(F)F)c1)O2. The second kappa shape index (κ2) is 6.44. The molecule has 1 aromatic carbocycles. The number of carbonyl (C=O) groups is 1. The van der Waals surface area contributed by atoms with Gasteiger partial charge in [-0.05, 0) is 31.5 Å². The summed E-state index contributed by atoms with van der Waals surface area (Å²) < 4.78 is 79.3. The average molecular weight is 471 g/mol. The molecule has 4 saturated heterocycles. The molecule has 4 heterocycles. The Kier molecular flexibility index (Phi) is 4.35. The smallest absolute Gasteiger partial charge is 0.366 e. The van der Waals surface area contributed by atoms with Crippen molar-refractivity contribution in [3.05, 3.63) is 29.3 Å². The quantitative estimate of drug-likeness (QED) is 0.720. The molecule has 4 aliphatic rings. The number of carbonyl (C=O) groups excluding carboxylic acids is 1. The van der Waals surface area contributed by atoms with E-state index in [2.05, 4.69) is 4.72 Å². The summed E-state index contributed by atoms with van der Waals surface area (Å²) in [4.78, 5) is 14.7. The second-order valence-electron chi connectivity index (χ2n) is 9.08. The maximum Gasteiger partial charge on any atom is 0.417 e. The van der Waals surface area contributed by atoms with Crippen LogP contribution in [0.4, 0.5) is 18.9 Å². The largest absolute Gasteiger partial charge is 0.417 e. The van der Waals surface area contributed by atoms with Gasteiger partial charge in [-0.2, -0.15) is 18.4 Å². The number of sulfonamides is 1. The average Bonchev–Trinajstić information content (AvgIpc) is 3.23. The standard InChI is InChI=1S/C20H20F3N3O5S/c1-18-8-13(25-32(2,28)29)19(31-18)5-6-30-17-15(19)14(18)16(27)26(17)11-4-3-10(9-24)12(7-11)20(21,22)23/h3-4,7,13-15,17,25H,5-6,8H2,1-2H3/t13-,14+,15-,17-,18+,19-/m0/s1. The van der Waals surface area contributed by atoms with Gasteiger partial charge in [-0.3, -0.25) is 9.69 Å². The normalized spacial score (nSPS) is 38.1. The van der Waals surface area contributed by atoms with Gasteiger partial charge in [0.1, 0.15) is 6.23 Å². The molecule has 8 nitrogen and oxygen atoms in total. The molecule has 0 aliphatic carbocycles. The van der Waals surface area contributed by atoms with Crippen molar-refractivity contribution in [2.45, 2.75) is 49.4 Å². The van der Waals surface area contributed by atoms with E-state index in [1.54, 1.807) is 6.92 Å². The van der Waals surface area contributed by atoms with Crippen LogP contribution in [0.15, 0.2) is 18.2 Å². The lowest BCUT2D eigenvalue weighted by Gasteiger charge is -2.45. The molecule has 12 heteroatoms. The van der Waals surface area contributed by atoms with Crippen molar-refractivity contribution in [1.29, 1.82) is 5.26 Å². The predicted octanol–water partition coefficient (Wildman–Crippen LogP) is 1.75. The van der Waals surface area contributed by atoms with Gasteiger partial charge >= 0.3 is 6.18 Å². The van der Waals surface area contributed by atoms with Crippen LogP contribution in [-0.2, 0) is 30.5 Å². The second-order valence-corrected chi connectivity index (χ2v) is 10.9. The number of anilines is 1. The monoisotopic (exact) mass is 471 g/mol. The lowest BCUT2D eigenvalue weighted by atomic mass is 9.64. The minimum Gasteiger partial charge on any atom is -0.366 e. The number of hydrogen-bond donors (Lipinski definition) is 1. The highest BCUT2D eigenvalue weighted by molar-refractivity contribution is 7.88. The number of halogens is 3. The Hall–Kier alpha value is -2.20. The summed E-state index contributed by atoms with van der Waals surface area (Å²) in [5.41, 5.74) is -3.66. The van der Waals surface area contributed by atoms with Crippen LogP contribution in [-0.4, -0.2) is 50.7 Å². The van der Waals surface area contributed by atoms with Gasteiger partial charge < -0.3 is 9.47 Å². The van der Waals surface area contributed by atoms with E-state index in [1.807, 2.05) is 0 Å². The summed E-state index contributed by atoms with van der Waals surface area (Å²) in [6.45, 7) is 1.89. The summed E-state index contributed by atoms with van der Waals surface area (Å²) in [6.07, 6.45) is -3.99. The molecular weight excluding hydrogens is 451 g/mol. The van der Waals surface area contributed by atoms with Crippen molar-refractivity contribution in [2.24, 2.45) is 11.8 Å². The Morgan fingerprint density at radius 3 is 2.69 bits per heavy atom. The Labute approximate surface area is 182 Å². The van der Waals surface area contributed by atoms with Crippen LogP contribution in [0.2, 0.25) is 0 Å². The maximum atomic E-state index is 13.5. The molecule has 0 unspecified atom stereocenters. The van der Waals surface area contributed by atoms with Gasteiger partial charge in [0.2, 0.25) is 15.9 Å². The van der Waals surface area contributed by atoms with Gasteiger partial charge in [-0.1, -0.05) is 0 Å². The highest BCUT2D eigenvalue weighted by Gasteiger charge is 2.78. The maximum absolute atomic E-state index is 13.5. The number of benzene rings is 1. The fourth-order valence-electron chi connectivity index (χ4n) is 6.13. The van der Waals surface area contributed by atoms with Gasteiger partial charge in [0, 0.05) is 18.0 Å². The number of nitrogens with one attached hydrogen (secondary N) is 1. The van der Waals surface area contributed by atoms with Crippen molar-refractivity contribution < 1.29 is 35.9 Å². The minimum absolute atomic E-state index is 0.0200. The van der Waals surface area contributed by atoms with Crippen LogP contribution in [0.25, 0.3) is 0 Å². The molecule has 6 atom stereocenters. The molecule has 1 aromatic rings. The molecule has 5 rings (SSSR count). The van der Waals surface area contributed by atoms with Gasteiger partial charge in [-0.25, -0.2) is 13.1 Å². The number of alkyl halides is 3. The molecule has 172 valence electrons. The molecule has 1 N–H and O–H groups in total. The van der Waals surface area contributed by atoms with E-state index in [-0.39, 0.29) is 18.7 Å². The predicted molar refractivity (Wildman–Crippen MR) is 104 cm³/mol. The first-order valence-electron chi connectivity index (χ1n) is 10.0. The van der Waals surface area contributed by atoms with Crippen LogP contribution in [0.3, 0.4) is 0 Å². The summed E-state index contributed by atoms with van der Waals surface area (Å²) in [5.74, 6) is -1.66. The van der Waals surface area contributed by atoms with E-state index in [9.17, 15) is 26.4 Å². The number of ether oxygens (including phenoxy) is 2. The third-order valence-corrected chi connectivity index (χ3v) is 7.83. The summed E-state index contributed by atoms with van der Waals surface area (Å²) in [5, 5.41) is 9.07. The Morgan fingerprint density at radius 2 is 2.06 bits per heavy atom. The number of hydrogen-bond acceptors (Lipinski definition) is 6. The topological polar surface area (TPSA) is 109 Å². The van der Waals surface area contributed by atoms with E-state index in [0.29, 0.717) is 6.42 Å². The summed E-state index contributed by atoms with van der Waals surface area (Å²) in [7, 11) is -3.56. The first kappa shape index (κ1) is 21.6. The Bertz CT molecular complexity index is 1170. The van der Waals surface area contributed by atoms with E-state index < -0.39 is 68.5 Å². The van der Waals surface area contributed by atoms with Crippen molar-refractivity contribution in [2.75, 3.05) is 17.8 Å². The van der Waals surface area contributed by atoms with Gasteiger partial charge in [0.05, 0.1) is 53.2 Å². The van der Waals surface area contributed by atoms with Crippen LogP contribution in [0.5, 0.6) is 0 Å². The number of fused-ring (bicyclic) bond motifs is 2. The molecular formula is C20H20F3N3O5S. The molecule has 2 bridgehead atoms. The molecule has 0 saturated carbocycles. The van der Waals surface area contributed by atoms with Crippen LogP contribution in [0.1, 0.15) is 30.9 Å². The third kappa shape index (κ3) is 2.84. The lowest BCUT2D eigenvalue weighted by molar-refractivity contribution is -0.143. The summed E-state index contributed by atoms with van der Waals surface area (Å²) >= 11 is 0. The highest BCUT2D eigenvalue weighted by atomic mass is 32.2. The fourth-order valence-corrected chi connectivity index (χ4v) is 6.93. The highest BCUT2D eigenvalue weighted by Crippen LogP contribution is 2.65. The van der Waals surface area contributed by atoms with Crippen molar-refractivity contribution in [3.63, 3.8) is 0 Å². The molecule has 32 heavy (non-hydrogen) atoms. The number of nitrogens with zero attached hydrogens (tertiary/aromatic N) is 2. The third-order valence-electron chi connectivity index (χ3n) is 7.11.